The summed E-state index contributed by atoms with van der Waals surface area (Å²) in [5.41, 5.74) is 1.73. The van der Waals surface area contributed by atoms with E-state index in [2.05, 4.69) is 4.99 Å². The fourth-order valence-electron chi connectivity index (χ4n) is 4.06. The largest absolute Gasteiger partial charge is 0.511 e. The van der Waals surface area contributed by atoms with Gasteiger partial charge in [0, 0.05) is 32.2 Å². The third kappa shape index (κ3) is 4.31. The van der Waals surface area contributed by atoms with Crippen LogP contribution in [0.3, 0.4) is 0 Å². The van der Waals surface area contributed by atoms with E-state index >= 15 is 0 Å². The third-order valence-corrected chi connectivity index (χ3v) is 5.43. The van der Waals surface area contributed by atoms with Crippen LogP contribution in [-0.4, -0.2) is 46.4 Å². The van der Waals surface area contributed by atoms with E-state index < -0.39 is 0 Å². The van der Waals surface area contributed by atoms with E-state index in [1.807, 2.05) is 20.8 Å². The zero-order chi connectivity index (χ0) is 21.2. The Labute approximate surface area is 171 Å². The van der Waals surface area contributed by atoms with Crippen molar-refractivity contribution in [1.29, 1.82) is 0 Å². The highest BCUT2D eigenvalue weighted by Crippen LogP contribution is 2.36. The molecule has 1 aromatic carbocycles. The highest BCUT2D eigenvalue weighted by molar-refractivity contribution is 6.22. The molecular weight excluding hydrogens is 368 g/mol. The van der Waals surface area contributed by atoms with E-state index in [0.29, 0.717) is 54.6 Å². The molecule has 0 atom stereocenters. The number of benzene rings is 1. The average Bonchev–Trinajstić information content (AvgIpc) is 2.89. The van der Waals surface area contributed by atoms with Crippen molar-refractivity contribution < 1.29 is 24.5 Å². The van der Waals surface area contributed by atoms with Crippen LogP contribution in [0.25, 0.3) is 0 Å². The molecule has 29 heavy (non-hydrogen) atoms. The van der Waals surface area contributed by atoms with Gasteiger partial charge in [-0.05, 0) is 24.0 Å². The number of imide groups is 1. The zero-order valence-corrected chi connectivity index (χ0v) is 17.4. The maximum Gasteiger partial charge on any atom is 0.261 e. The molecular formula is C23H29N2O4+. The standard InChI is InChI=1S/C23H28N2O4/c1-4-11-24-17(20-18(26)13-23(2,3)14-19(20)27)10-7-12-25-21(28)15-8-5-6-9-16(15)22(25)29/h5-6,8-9,26H,4,7,10-14H2,1-3H3/p+1. The molecule has 0 aromatic heterocycles. The minimum Gasteiger partial charge on any atom is -0.511 e. The average molecular weight is 397 g/mol. The Morgan fingerprint density at radius 2 is 1.72 bits per heavy atom. The summed E-state index contributed by atoms with van der Waals surface area (Å²) < 4.78 is 0. The molecule has 2 amide bonds. The van der Waals surface area contributed by atoms with Crippen LogP contribution in [0.1, 0.15) is 73.6 Å². The highest BCUT2D eigenvalue weighted by atomic mass is 16.3. The van der Waals surface area contributed by atoms with E-state index in [1.54, 1.807) is 24.3 Å². The van der Waals surface area contributed by atoms with Crippen LogP contribution in [0, 0.1) is 5.41 Å². The second kappa shape index (κ2) is 8.31. The molecule has 0 fully saturated rings. The number of carbonyl (C=O) groups is 3. The van der Waals surface area contributed by atoms with Gasteiger partial charge in [-0.2, -0.15) is 0 Å². The molecule has 0 radical (unpaired) electrons. The van der Waals surface area contributed by atoms with Crippen LogP contribution >= 0.6 is 0 Å². The van der Waals surface area contributed by atoms with Crippen LogP contribution < -0.4 is 4.99 Å². The Bertz CT molecular complexity index is 876. The monoisotopic (exact) mass is 397 g/mol. The summed E-state index contributed by atoms with van der Waals surface area (Å²) in [6.45, 7) is 6.94. The number of aliphatic hydroxyl groups is 1. The van der Waals surface area contributed by atoms with E-state index in [-0.39, 0.29) is 35.3 Å². The number of hydrogen-bond acceptors (Lipinski definition) is 4. The first-order chi connectivity index (χ1) is 13.7. The molecule has 0 unspecified atom stereocenters. The lowest BCUT2D eigenvalue weighted by molar-refractivity contribution is -0.457. The van der Waals surface area contributed by atoms with Crippen molar-refractivity contribution in [2.24, 2.45) is 5.41 Å². The molecule has 0 saturated carbocycles. The van der Waals surface area contributed by atoms with Gasteiger partial charge >= 0.3 is 0 Å². The van der Waals surface area contributed by atoms with Gasteiger partial charge in [0.05, 0.1) is 11.1 Å². The van der Waals surface area contributed by atoms with E-state index in [9.17, 15) is 19.5 Å². The number of Topliss-reactive ketones (excluding diaryl/α,β-unsaturated/α-hetero) is 1. The number of hydrogen-bond donors (Lipinski definition) is 2. The minimum absolute atomic E-state index is 0.0573. The lowest BCUT2D eigenvalue weighted by atomic mass is 9.75. The zero-order valence-electron chi connectivity index (χ0n) is 17.4. The number of nitrogens with one attached hydrogen (secondary N) is 1. The second-order valence-electron chi connectivity index (χ2n) is 8.58. The summed E-state index contributed by atoms with van der Waals surface area (Å²) in [5.74, 6) is -0.471. The lowest BCUT2D eigenvalue weighted by Gasteiger charge is -2.29. The molecule has 0 spiro atoms. The Morgan fingerprint density at radius 3 is 2.28 bits per heavy atom. The fourth-order valence-corrected chi connectivity index (χ4v) is 4.06. The molecule has 1 aliphatic carbocycles. The molecule has 0 bridgehead atoms. The predicted octanol–water partition coefficient (Wildman–Crippen LogP) is 2.20. The Hall–Kier alpha value is -2.76. The topological polar surface area (TPSA) is 88.7 Å². The molecule has 6 heteroatoms. The molecule has 154 valence electrons. The first-order valence-corrected chi connectivity index (χ1v) is 10.3. The molecule has 1 aromatic rings. The fraction of sp³-hybridized carbons (Fsp3) is 0.478. The van der Waals surface area contributed by atoms with Crippen molar-refractivity contribution in [2.45, 2.75) is 52.9 Å². The van der Waals surface area contributed by atoms with Gasteiger partial charge in [-0.3, -0.25) is 19.3 Å². The van der Waals surface area contributed by atoms with Crippen LogP contribution in [0.4, 0.5) is 0 Å². The van der Waals surface area contributed by atoms with Crippen molar-refractivity contribution in [3.8, 4) is 0 Å². The number of fused-ring (bicyclic) bond motifs is 1. The van der Waals surface area contributed by atoms with Gasteiger partial charge in [0.25, 0.3) is 11.8 Å². The molecule has 3 rings (SSSR count). The van der Waals surface area contributed by atoms with Gasteiger partial charge in [0.2, 0.25) is 0 Å². The quantitative estimate of drug-likeness (QED) is 0.545. The molecule has 0 saturated heterocycles. The van der Waals surface area contributed by atoms with Crippen LogP contribution in [0.2, 0.25) is 0 Å². The van der Waals surface area contributed by atoms with E-state index in [1.165, 1.54) is 4.90 Å². The number of amides is 2. The van der Waals surface area contributed by atoms with Crippen molar-refractivity contribution in [3.63, 3.8) is 0 Å². The summed E-state index contributed by atoms with van der Waals surface area (Å²) in [5, 5.41) is 10.5. The van der Waals surface area contributed by atoms with Crippen LogP contribution in [0.5, 0.6) is 0 Å². The molecule has 1 heterocycles. The summed E-state index contributed by atoms with van der Waals surface area (Å²) >= 11 is 0. The van der Waals surface area contributed by atoms with Crippen LogP contribution in [-0.2, 0) is 4.79 Å². The molecule has 6 nitrogen and oxygen atoms in total. The Kier molecular flexibility index (Phi) is 6.01. The summed E-state index contributed by atoms with van der Waals surface area (Å²) in [7, 11) is 0. The van der Waals surface area contributed by atoms with Crippen molar-refractivity contribution >= 4 is 23.3 Å². The summed E-state index contributed by atoms with van der Waals surface area (Å²) in [4.78, 5) is 42.3. The lowest BCUT2D eigenvalue weighted by Crippen LogP contribution is -2.74. The SMILES string of the molecule is CCC[NH+]=C(CCCN1C(=O)c2ccccc2C1=O)C1=C(O)CC(C)(C)CC1=O. The number of allylic oxidation sites excluding steroid dienone is 2. The van der Waals surface area contributed by atoms with Gasteiger partial charge in [-0.25, -0.2) is 4.99 Å². The minimum atomic E-state index is -0.272. The first kappa shape index (κ1) is 21.0. The maximum absolute atomic E-state index is 12.7. The first-order valence-electron chi connectivity index (χ1n) is 10.3. The number of nitrogens with zero attached hydrogens (tertiary/aromatic N) is 1. The van der Waals surface area contributed by atoms with Gasteiger partial charge < -0.3 is 5.11 Å². The maximum atomic E-state index is 12.7. The Balaban J connectivity index is 1.73. The molecule has 2 aliphatic rings. The van der Waals surface area contributed by atoms with E-state index in [0.717, 1.165) is 6.42 Å². The number of ketones is 1. The van der Waals surface area contributed by atoms with Crippen molar-refractivity contribution in [2.75, 3.05) is 13.1 Å². The van der Waals surface area contributed by atoms with Crippen LogP contribution in [0.15, 0.2) is 35.6 Å². The molecule has 1 aliphatic heterocycles. The highest BCUT2D eigenvalue weighted by Gasteiger charge is 2.38. The second-order valence-corrected chi connectivity index (χ2v) is 8.58. The van der Waals surface area contributed by atoms with Gasteiger partial charge in [-0.15, -0.1) is 0 Å². The summed E-state index contributed by atoms with van der Waals surface area (Å²) in [6, 6.07) is 6.83. The number of carbonyl (C=O) groups excluding carboxylic acids is 3. The third-order valence-electron chi connectivity index (χ3n) is 5.43. The number of aliphatic hydroxyl groups excluding tert-OH is 1. The number of rotatable bonds is 7. The smallest absolute Gasteiger partial charge is 0.261 e. The van der Waals surface area contributed by atoms with Gasteiger partial charge in [0.15, 0.2) is 11.5 Å². The van der Waals surface area contributed by atoms with Crippen molar-refractivity contribution in [3.05, 3.63) is 46.7 Å². The summed E-state index contributed by atoms with van der Waals surface area (Å²) in [6.07, 6.45) is 2.74. The molecule has 2 N–H and O–H groups in total. The Morgan fingerprint density at radius 1 is 1.10 bits per heavy atom. The van der Waals surface area contributed by atoms with E-state index in [4.69, 9.17) is 0 Å². The van der Waals surface area contributed by atoms with Crippen molar-refractivity contribution in [1.82, 2.24) is 4.90 Å². The normalized spacial score (nSPS) is 19.2. The predicted molar refractivity (Wildman–Crippen MR) is 110 cm³/mol. The van der Waals surface area contributed by atoms with Gasteiger partial charge in [0.1, 0.15) is 17.9 Å². The van der Waals surface area contributed by atoms with Gasteiger partial charge in [-0.1, -0.05) is 32.9 Å².